The van der Waals surface area contributed by atoms with E-state index in [1.54, 1.807) is 0 Å². The first-order chi connectivity index (χ1) is 6.86. The molecule has 0 amide bonds. The van der Waals surface area contributed by atoms with Crippen molar-refractivity contribution in [3.8, 4) is 0 Å². The van der Waals surface area contributed by atoms with Gasteiger partial charge in [-0.2, -0.15) is 0 Å². The van der Waals surface area contributed by atoms with Crippen molar-refractivity contribution in [1.29, 1.82) is 0 Å². The Morgan fingerprint density at radius 3 is 2.93 bits per heavy atom. The van der Waals surface area contributed by atoms with Gasteiger partial charge >= 0.3 is 0 Å². The van der Waals surface area contributed by atoms with E-state index in [1.165, 1.54) is 11.1 Å². The lowest BCUT2D eigenvalue weighted by molar-refractivity contribution is 0.207. The summed E-state index contributed by atoms with van der Waals surface area (Å²) in [6, 6.07) is 8.51. The van der Waals surface area contributed by atoms with E-state index in [4.69, 9.17) is 5.73 Å². The van der Waals surface area contributed by atoms with Crippen LogP contribution in [-0.4, -0.2) is 18.3 Å². The SMILES string of the molecule is NCC(CO)C1CCc2ccccc21. The molecule has 1 aromatic carbocycles. The topological polar surface area (TPSA) is 46.2 Å². The highest BCUT2D eigenvalue weighted by Crippen LogP contribution is 2.37. The van der Waals surface area contributed by atoms with E-state index in [0.717, 1.165) is 12.8 Å². The van der Waals surface area contributed by atoms with E-state index in [1.807, 2.05) is 0 Å². The average molecular weight is 191 g/mol. The lowest BCUT2D eigenvalue weighted by Gasteiger charge is -2.20. The maximum atomic E-state index is 9.23. The fourth-order valence-corrected chi connectivity index (χ4v) is 2.45. The van der Waals surface area contributed by atoms with E-state index >= 15 is 0 Å². The van der Waals surface area contributed by atoms with Gasteiger partial charge in [0.25, 0.3) is 0 Å². The summed E-state index contributed by atoms with van der Waals surface area (Å²) in [7, 11) is 0. The third-order valence-corrected chi connectivity index (χ3v) is 3.29. The Hall–Kier alpha value is -0.860. The van der Waals surface area contributed by atoms with Gasteiger partial charge in [0.2, 0.25) is 0 Å². The van der Waals surface area contributed by atoms with Crippen LogP contribution in [0.25, 0.3) is 0 Å². The number of aliphatic hydroxyl groups is 1. The zero-order valence-corrected chi connectivity index (χ0v) is 8.32. The van der Waals surface area contributed by atoms with Crippen molar-refractivity contribution < 1.29 is 5.11 Å². The zero-order valence-electron chi connectivity index (χ0n) is 8.32. The summed E-state index contributed by atoms with van der Waals surface area (Å²) >= 11 is 0. The lowest BCUT2D eigenvalue weighted by Crippen LogP contribution is -2.24. The fraction of sp³-hybridized carbons (Fsp3) is 0.500. The molecule has 1 aromatic rings. The van der Waals surface area contributed by atoms with Gasteiger partial charge in [0, 0.05) is 12.5 Å². The van der Waals surface area contributed by atoms with Gasteiger partial charge in [-0.05, 0) is 36.4 Å². The fourth-order valence-electron chi connectivity index (χ4n) is 2.45. The monoisotopic (exact) mass is 191 g/mol. The van der Waals surface area contributed by atoms with Gasteiger partial charge in [-0.25, -0.2) is 0 Å². The minimum absolute atomic E-state index is 0.204. The summed E-state index contributed by atoms with van der Waals surface area (Å²) in [6.45, 7) is 0.783. The quantitative estimate of drug-likeness (QED) is 0.756. The van der Waals surface area contributed by atoms with Gasteiger partial charge in [0.05, 0.1) is 0 Å². The second-order valence-corrected chi connectivity index (χ2v) is 4.02. The summed E-state index contributed by atoms with van der Waals surface area (Å²) in [5, 5.41) is 9.23. The third-order valence-electron chi connectivity index (χ3n) is 3.29. The summed E-state index contributed by atoms with van der Waals surface area (Å²) in [5.74, 6) is 0.708. The average Bonchev–Trinajstić information content (AvgIpc) is 2.65. The number of hydrogen-bond acceptors (Lipinski definition) is 2. The van der Waals surface area contributed by atoms with Crippen molar-refractivity contribution in [2.45, 2.75) is 18.8 Å². The molecular weight excluding hydrogens is 174 g/mol. The number of aryl methyl sites for hydroxylation is 1. The Labute approximate surface area is 84.7 Å². The van der Waals surface area contributed by atoms with E-state index < -0.39 is 0 Å². The molecule has 14 heavy (non-hydrogen) atoms. The summed E-state index contributed by atoms with van der Waals surface area (Å²) < 4.78 is 0. The Bertz CT molecular complexity index is 307. The van der Waals surface area contributed by atoms with Gasteiger partial charge in [-0.1, -0.05) is 24.3 Å². The van der Waals surface area contributed by atoms with Gasteiger partial charge in [0.1, 0.15) is 0 Å². The molecule has 2 atom stereocenters. The Balaban J connectivity index is 2.25. The van der Waals surface area contributed by atoms with Crippen LogP contribution < -0.4 is 5.73 Å². The molecule has 0 aliphatic heterocycles. The minimum Gasteiger partial charge on any atom is -0.396 e. The van der Waals surface area contributed by atoms with Crippen molar-refractivity contribution in [1.82, 2.24) is 0 Å². The molecule has 0 bridgehead atoms. The summed E-state index contributed by atoms with van der Waals surface area (Å²) in [4.78, 5) is 0. The molecule has 1 aliphatic carbocycles. The van der Waals surface area contributed by atoms with E-state index in [2.05, 4.69) is 24.3 Å². The predicted molar refractivity (Wildman–Crippen MR) is 57.1 cm³/mol. The number of hydrogen-bond donors (Lipinski definition) is 2. The smallest absolute Gasteiger partial charge is 0.0477 e. The first kappa shape index (κ1) is 9.69. The molecule has 0 fully saturated rings. The van der Waals surface area contributed by atoms with Crippen molar-refractivity contribution in [2.24, 2.45) is 11.7 Å². The van der Waals surface area contributed by atoms with Crippen LogP contribution in [0.5, 0.6) is 0 Å². The van der Waals surface area contributed by atoms with Crippen LogP contribution in [-0.2, 0) is 6.42 Å². The Morgan fingerprint density at radius 2 is 2.21 bits per heavy atom. The molecule has 0 saturated heterocycles. The van der Waals surface area contributed by atoms with Crippen molar-refractivity contribution in [3.05, 3.63) is 35.4 Å². The number of aliphatic hydroxyl groups excluding tert-OH is 1. The summed E-state index contributed by atoms with van der Waals surface area (Å²) in [6.07, 6.45) is 2.28. The van der Waals surface area contributed by atoms with Gasteiger partial charge < -0.3 is 10.8 Å². The summed E-state index contributed by atoms with van der Waals surface area (Å²) in [5.41, 5.74) is 8.49. The molecule has 3 N–H and O–H groups in total. The number of fused-ring (bicyclic) bond motifs is 1. The molecule has 0 saturated carbocycles. The number of benzene rings is 1. The number of rotatable bonds is 3. The standard InChI is InChI=1S/C12H17NO/c13-7-10(8-14)12-6-5-9-3-1-2-4-11(9)12/h1-4,10,12,14H,5-8,13H2. The van der Waals surface area contributed by atoms with Crippen LogP contribution in [0.1, 0.15) is 23.5 Å². The maximum Gasteiger partial charge on any atom is 0.0477 e. The second kappa shape index (κ2) is 4.11. The van der Waals surface area contributed by atoms with E-state index in [-0.39, 0.29) is 12.5 Å². The molecule has 0 spiro atoms. The largest absolute Gasteiger partial charge is 0.396 e. The Kier molecular flexibility index (Phi) is 2.85. The van der Waals surface area contributed by atoms with Gasteiger partial charge in [-0.15, -0.1) is 0 Å². The minimum atomic E-state index is 0.204. The molecule has 76 valence electrons. The molecule has 0 radical (unpaired) electrons. The van der Waals surface area contributed by atoms with E-state index in [0.29, 0.717) is 12.5 Å². The van der Waals surface area contributed by atoms with Crippen molar-refractivity contribution in [3.63, 3.8) is 0 Å². The first-order valence-electron chi connectivity index (χ1n) is 5.25. The number of nitrogens with two attached hydrogens (primary N) is 1. The first-order valence-corrected chi connectivity index (χ1v) is 5.25. The van der Waals surface area contributed by atoms with Crippen LogP contribution in [0, 0.1) is 5.92 Å². The van der Waals surface area contributed by atoms with Crippen molar-refractivity contribution in [2.75, 3.05) is 13.2 Å². The molecule has 2 rings (SSSR count). The molecule has 2 unspecified atom stereocenters. The Morgan fingerprint density at radius 1 is 1.43 bits per heavy atom. The van der Waals surface area contributed by atoms with Crippen LogP contribution in [0.2, 0.25) is 0 Å². The van der Waals surface area contributed by atoms with Crippen LogP contribution in [0.3, 0.4) is 0 Å². The molecule has 0 heterocycles. The molecule has 0 aromatic heterocycles. The predicted octanol–water partition coefficient (Wildman–Crippen LogP) is 1.28. The molecule has 2 nitrogen and oxygen atoms in total. The van der Waals surface area contributed by atoms with Crippen LogP contribution >= 0.6 is 0 Å². The van der Waals surface area contributed by atoms with Crippen LogP contribution in [0.4, 0.5) is 0 Å². The van der Waals surface area contributed by atoms with Crippen LogP contribution in [0.15, 0.2) is 24.3 Å². The molecular formula is C12H17NO. The normalized spacial score (nSPS) is 22.0. The third kappa shape index (κ3) is 1.56. The highest BCUT2D eigenvalue weighted by Gasteiger charge is 2.27. The molecule has 1 aliphatic rings. The highest BCUT2D eigenvalue weighted by molar-refractivity contribution is 5.35. The second-order valence-electron chi connectivity index (χ2n) is 4.02. The van der Waals surface area contributed by atoms with Gasteiger partial charge in [0.15, 0.2) is 0 Å². The van der Waals surface area contributed by atoms with Crippen molar-refractivity contribution >= 4 is 0 Å². The van der Waals surface area contributed by atoms with Gasteiger partial charge in [-0.3, -0.25) is 0 Å². The molecule has 2 heteroatoms. The lowest BCUT2D eigenvalue weighted by atomic mass is 9.88. The zero-order chi connectivity index (χ0) is 9.97. The highest BCUT2D eigenvalue weighted by atomic mass is 16.3. The maximum absolute atomic E-state index is 9.23. The van der Waals surface area contributed by atoms with E-state index in [9.17, 15) is 5.11 Å².